The number of nitrogens with one attached hydrogen (secondary N) is 2. The molecule has 1 heterocycles. The lowest BCUT2D eigenvalue weighted by Crippen LogP contribution is -2.19. The van der Waals surface area contributed by atoms with Gasteiger partial charge in [0.15, 0.2) is 0 Å². The summed E-state index contributed by atoms with van der Waals surface area (Å²) in [4.78, 5) is 8.98. The molecule has 0 bridgehead atoms. The number of aryl methyl sites for hydroxylation is 1. The number of hydrazine groups is 1. The summed E-state index contributed by atoms with van der Waals surface area (Å²) in [7, 11) is 0. The van der Waals surface area contributed by atoms with Crippen molar-refractivity contribution < 1.29 is 0 Å². The summed E-state index contributed by atoms with van der Waals surface area (Å²) >= 11 is 0. The quantitative estimate of drug-likeness (QED) is 0.593. The summed E-state index contributed by atoms with van der Waals surface area (Å²) in [5.74, 6) is 7.56. The normalized spacial score (nSPS) is 11.3. The van der Waals surface area contributed by atoms with Crippen LogP contribution in [0.5, 0.6) is 0 Å². The Balaban J connectivity index is 2.29. The molecule has 1 aromatic carbocycles. The molecule has 1 aromatic heterocycles. The Morgan fingerprint density at radius 3 is 2.19 bits per heavy atom. The van der Waals surface area contributed by atoms with Gasteiger partial charge >= 0.3 is 0 Å². The van der Waals surface area contributed by atoms with Crippen molar-refractivity contribution in [2.24, 2.45) is 5.84 Å². The molecular weight excluding hydrogens is 262 g/mol. The number of benzene rings is 1. The Kier molecular flexibility index (Phi) is 4.43. The fraction of sp³-hybridized carbons (Fsp3) is 0.375. The molecule has 0 fully saturated rings. The van der Waals surface area contributed by atoms with E-state index in [2.05, 4.69) is 60.5 Å². The molecule has 4 N–H and O–H groups in total. The second-order valence-electron chi connectivity index (χ2n) is 6.03. The zero-order valence-electron chi connectivity index (χ0n) is 13.1. The summed E-state index contributed by atoms with van der Waals surface area (Å²) in [6.07, 6.45) is 1.03. The predicted molar refractivity (Wildman–Crippen MR) is 87.6 cm³/mol. The Labute approximate surface area is 126 Å². The van der Waals surface area contributed by atoms with E-state index in [-0.39, 0.29) is 5.41 Å². The molecule has 112 valence electrons. The monoisotopic (exact) mass is 285 g/mol. The first kappa shape index (κ1) is 15.3. The number of anilines is 3. The minimum Gasteiger partial charge on any atom is -0.340 e. The van der Waals surface area contributed by atoms with Gasteiger partial charge in [-0.2, -0.15) is 0 Å². The largest absolute Gasteiger partial charge is 0.340 e. The van der Waals surface area contributed by atoms with Crippen molar-refractivity contribution in [2.75, 3.05) is 10.7 Å². The smallest absolute Gasteiger partial charge is 0.145 e. The molecule has 0 unspecified atom stereocenters. The molecule has 0 saturated carbocycles. The number of nitrogens with zero attached hydrogens (tertiary/aromatic N) is 2. The van der Waals surface area contributed by atoms with Crippen LogP contribution in [-0.2, 0) is 11.8 Å². The van der Waals surface area contributed by atoms with Crippen molar-refractivity contribution in [3.8, 4) is 0 Å². The maximum absolute atomic E-state index is 5.49. The van der Waals surface area contributed by atoms with Crippen LogP contribution >= 0.6 is 0 Å². The van der Waals surface area contributed by atoms with Crippen molar-refractivity contribution in [1.29, 1.82) is 0 Å². The van der Waals surface area contributed by atoms with Crippen molar-refractivity contribution >= 4 is 17.3 Å². The molecule has 2 rings (SSSR count). The topological polar surface area (TPSA) is 75.9 Å². The molecule has 0 aliphatic carbocycles. The maximum atomic E-state index is 5.49. The number of hydrogen-bond acceptors (Lipinski definition) is 5. The van der Waals surface area contributed by atoms with Crippen molar-refractivity contribution in [2.45, 2.75) is 39.5 Å². The highest BCUT2D eigenvalue weighted by Crippen LogP contribution is 2.24. The highest BCUT2D eigenvalue weighted by Gasteiger charge is 2.19. The van der Waals surface area contributed by atoms with Gasteiger partial charge in [0.25, 0.3) is 0 Å². The first-order valence-electron chi connectivity index (χ1n) is 7.14. The van der Waals surface area contributed by atoms with Crippen LogP contribution in [0, 0.1) is 0 Å². The third kappa shape index (κ3) is 3.92. The van der Waals surface area contributed by atoms with Crippen LogP contribution in [0.4, 0.5) is 17.3 Å². The van der Waals surface area contributed by atoms with Gasteiger partial charge in [-0.25, -0.2) is 15.8 Å². The molecule has 0 amide bonds. The van der Waals surface area contributed by atoms with E-state index in [1.165, 1.54) is 5.56 Å². The predicted octanol–water partition coefficient (Wildman–Crippen LogP) is 3.37. The number of rotatable bonds is 4. The van der Waals surface area contributed by atoms with E-state index in [0.717, 1.165) is 23.8 Å². The molecule has 0 radical (unpaired) electrons. The average Bonchev–Trinajstić information content (AvgIpc) is 2.46. The van der Waals surface area contributed by atoms with Gasteiger partial charge in [0.05, 0.1) is 0 Å². The van der Waals surface area contributed by atoms with Crippen molar-refractivity contribution in [3.63, 3.8) is 0 Å². The van der Waals surface area contributed by atoms with Crippen LogP contribution in [0.15, 0.2) is 30.3 Å². The minimum atomic E-state index is -0.143. The zero-order valence-corrected chi connectivity index (χ0v) is 13.1. The highest BCUT2D eigenvalue weighted by atomic mass is 15.3. The lowest BCUT2D eigenvalue weighted by atomic mass is 9.96. The summed E-state index contributed by atoms with van der Waals surface area (Å²) in [6, 6.07) is 10.1. The molecule has 5 nitrogen and oxygen atoms in total. The molecule has 0 saturated heterocycles. The van der Waals surface area contributed by atoms with Crippen LogP contribution in [0.25, 0.3) is 0 Å². The van der Waals surface area contributed by atoms with E-state index < -0.39 is 0 Å². The van der Waals surface area contributed by atoms with E-state index in [9.17, 15) is 0 Å². The summed E-state index contributed by atoms with van der Waals surface area (Å²) in [6.45, 7) is 8.36. The lowest BCUT2D eigenvalue weighted by Gasteiger charge is -2.18. The van der Waals surface area contributed by atoms with E-state index in [4.69, 9.17) is 5.84 Å². The highest BCUT2D eigenvalue weighted by molar-refractivity contribution is 5.59. The number of aromatic nitrogens is 2. The van der Waals surface area contributed by atoms with Crippen LogP contribution in [-0.4, -0.2) is 9.97 Å². The van der Waals surface area contributed by atoms with Gasteiger partial charge in [0.2, 0.25) is 0 Å². The fourth-order valence-electron chi connectivity index (χ4n) is 1.89. The molecule has 0 aliphatic rings. The van der Waals surface area contributed by atoms with Gasteiger partial charge in [0, 0.05) is 17.2 Å². The van der Waals surface area contributed by atoms with Crippen LogP contribution < -0.4 is 16.6 Å². The Hall–Kier alpha value is -2.14. The Morgan fingerprint density at radius 1 is 1.05 bits per heavy atom. The third-order valence-electron chi connectivity index (χ3n) is 3.18. The molecule has 0 aliphatic heterocycles. The first-order valence-corrected chi connectivity index (χ1v) is 7.14. The van der Waals surface area contributed by atoms with Crippen LogP contribution in [0.2, 0.25) is 0 Å². The third-order valence-corrected chi connectivity index (χ3v) is 3.18. The second kappa shape index (κ2) is 6.10. The molecule has 2 aromatic rings. The lowest BCUT2D eigenvalue weighted by molar-refractivity contribution is 0.547. The summed E-state index contributed by atoms with van der Waals surface area (Å²) in [5, 5.41) is 3.30. The standard InChI is InChI=1S/C16H23N5/c1-5-11-6-8-12(9-7-11)18-13-10-14(21-17)20-15(19-13)16(2,3)4/h6-10H,5,17H2,1-4H3,(H2,18,19,20,21). The van der Waals surface area contributed by atoms with Crippen molar-refractivity contribution in [1.82, 2.24) is 9.97 Å². The number of hydrogen-bond donors (Lipinski definition) is 3. The summed E-state index contributed by atoms with van der Waals surface area (Å²) < 4.78 is 0. The zero-order chi connectivity index (χ0) is 15.5. The summed E-state index contributed by atoms with van der Waals surface area (Å²) in [5.41, 5.74) is 4.75. The molecule has 0 atom stereocenters. The van der Waals surface area contributed by atoms with Gasteiger partial charge in [-0.3, -0.25) is 0 Å². The van der Waals surface area contributed by atoms with Gasteiger partial charge in [-0.05, 0) is 24.1 Å². The van der Waals surface area contributed by atoms with Gasteiger partial charge in [-0.1, -0.05) is 39.8 Å². The first-order chi connectivity index (χ1) is 9.92. The minimum absolute atomic E-state index is 0.143. The average molecular weight is 285 g/mol. The molecule has 5 heteroatoms. The number of nitrogen functional groups attached to an aromatic ring is 1. The van der Waals surface area contributed by atoms with Gasteiger partial charge in [0.1, 0.15) is 17.5 Å². The second-order valence-corrected chi connectivity index (χ2v) is 6.03. The number of nitrogens with two attached hydrogens (primary N) is 1. The van der Waals surface area contributed by atoms with E-state index in [0.29, 0.717) is 5.82 Å². The van der Waals surface area contributed by atoms with Crippen molar-refractivity contribution in [3.05, 3.63) is 41.7 Å². The van der Waals surface area contributed by atoms with E-state index >= 15 is 0 Å². The Morgan fingerprint density at radius 2 is 1.67 bits per heavy atom. The molecular formula is C16H23N5. The Bertz CT molecular complexity index is 599. The SMILES string of the molecule is CCc1ccc(Nc2cc(NN)nc(C(C)(C)C)n2)cc1. The maximum Gasteiger partial charge on any atom is 0.145 e. The van der Waals surface area contributed by atoms with Gasteiger partial charge < -0.3 is 10.7 Å². The van der Waals surface area contributed by atoms with E-state index in [1.807, 2.05) is 12.1 Å². The van der Waals surface area contributed by atoms with E-state index in [1.54, 1.807) is 6.07 Å². The molecule has 0 spiro atoms. The molecule has 21 heavy (non-hydrogen) atoms. The van der Waals surface area contributed by atoms with Gasteiger partial charge in [-0.15, -0.1) is 0 Å². The fourth-order valence-corrected chi connectivity index (χ4v) is 1.89. The van der Waals surface area contributed by atoms with Crippen LogP contribution in [0.1, 0.15) is 39.1 Å². The van der Waals surface area contributed by atoms with Crippen LogP contribution in [0.3, 0.4) is 0 Å².